The Morgan fingerprint density at radius 1 is 1.32 bits per heavy atom. The number of fused-ring (bicyclic) bond motifs is 1. The van der Waals surface area contributed by atoms with Crippen molar-refractivity contribution in [3.8, 4) is 5.69 Å². The largest absolute Gasteiger partial charge is 0.476 e. The van der Waals surface area contributed by atoms with Gasteiger partial charge in [-0.3, -0.25) is 9.58 Å². The quantitative estimate of drug-likeness (QED) is 0.713. The van der Waals surface area contributed by atoms with Crippen LogP contribution in [0.25, 0.3) is 5.69 Å². The van der Waals surface area contributed by atoms with Gasteiger partial charge in [-0.05, 0) is 57.0 Å². The molecular weight excluding hydrogens is 354 g/mol. The topological polar surface area (TPSA) is 76.2 Å². The Morgan fingerprint density at radius 3 is 2.75 bits per heavy atom. The maximum atomic E-state index is 11.6. The third-order valence-corrected chi connectivity index (χ3v) is 5.58. The second kappa shape index (κ2) is 7.59. The molecule has 2 aromatic heterocycles. The van der Waals surface area contributed by atoms with Crippen molar-refractivity contribution >= 4 is 5.97 Å². The molecule has 0 saturated heterocycles. The van der Waals surface area contributed by atoms with Crippen LogP contribution in [0.15, 0.2) is 42.7 Å². The Morgan fingerprint density at radius 2 is 2.11 bits per heavy atom. The van der Waals surface area contributed by atoms with Gasteiger partial charge in [-0.2, -0.15) is 10.2 Å². The molecule has 0 radical (unpaired) electrons. The van der Waals surface area contributed by atoms with E-state index in [1.807, 2.05) is 28.6 Å². The normalized spacial score (nSPS) is 16.3. The molecule has 0 fully saturated rings. The highest BCUT2D eigenvalue weighted by molar-refractivity contribution is 5.87. The van der Waals surface area contributed by atoms with Crippen molar-refractivity contribution in [2.45, 2.75) is 45.3 Å². The zero-order valence-corrected chi connectivity index (χ0v) is 16.2. The predicted octanol–water partition coefficient (Wildman–Crippen LogP) is 2.78. The number of nitrogens with zero attached hydrogens (tertiary/aromatic N) is 5. The summed E-state index contributed by atoms with van der Waals surface area (Å²) in [6, 6.07) is 10.6. The molecule has 3 aromatic rings. The van der Waals surface area contributed by atoms with Crippen molar-refractivity contribution in [1.82, 2.24) is 24.5 Å². The number of aryl methyl sites for hydroxylation is 1. The molecule has 1 atom stereocenters. The smallest absolute Gasteiger partial charge is 0.356 e. The molecule has 7 nitrogen and oxygen atoms in total. The number of carboxylic acid groups (broad SMARTS) is 1. The van der Waals surface area contributed by atoms with Gasteiger partial charge in [0.2, 0.25) is 0 Å². The highest BCUT2D eigenvalue weighted by Crippen LogP contribution is 2.28. The lowest BCUT2D eigenvalue weighted by Gasteiger charge is -2.31. The molecule has 2 heterocycles. The summed E-state index contributed by atoms with van der Waals surface area (Å²) in [7, 11) is 2.11. The van der Waals surface area contributed by atoms with Gasteiger partial charge in [0.05, 0.1) is 5.69 Å². The van der Waals surface area contributed by atoms with Crippen molar-refractivity contribution < 1.29 is 9.90 Å². The Hall–Kier alpha value is -2.93. The Bertz CT molecular complexity index is 960. The van der Waals surface area contributed by atoms with Crippen molar-refractivity contribution in [2.75, 3.05) is 7.05 Å². The third-order valence-electron chi connectivity index (χ3n) is 5.58. The lowest BCUT2D eigenvalue weighted by molar-refractivity contribution is 0.0687. The highest BCUT2D eigenvalue weighted by Gasteiger charge is 2.30. The zero-order chi connectivity index (χ0) is 19.7. The third kappa shape index (κ3) is 3.45. The minimum absolute atomic E-state index is 0.221. The first-order valence-corrected chi connectivity index (χ1v) is 9.68. The van der Waals surface area contributed by atoms with E-state index in [1.54, 1.807) is 6.20 Å². The van der Waals surface area contributed by atoms with Gasteiger partial charge in [-0.15, -0.1) is 0 Å². The summed E-state index contributed by atoms with van der Waals surface area (Å²) in [6.07, 6.45) is 6.32. The first-order valence-electron chi connectivity index (χ1n) is 9.68. The molecule has 28 heavy (non-hydrogen) atoms. The van der Waals surface area contributed by atoms with Crippen LogP contribution < -0.4 is 0 Å². The molecule has 0 bridgehead atoms. The summed E-state index contributed by atoms with van der Waals surface area (Å²) >= 11 is 0. The first kappa shape index (κ1) is 18.4. The summed E-state index contributed by atoms with van der Waals surface area (Å²) in [6.45, 7) is 3.53. The minimum Gasteiger partial charge on any atom is -0.476 e. The van der Waals surface area contributed by atoms with E-state index < -0.39 is 5.97 Å². The van der Waals surface area contributed by atoms with E-state index in [1.165, 1.54) is 5.56 Å². The maximum absolute atomic E-state index is 11.6. The van der Waals surface area contributed by atoms with E-state index in [9.17, 15) is 9.90 Å². The van der Waals surface area contributed by atoms with Crippen LogP contribution in [0.1, 0.15) is 40.7 Å². The number of rotatable bonds is 6. The van der Waals surface area contributed by atoms with Crippen LogP contribution in [0.2, 0.25) is 0 Å². The van der Waals surface area contributed by atoms with Gasteiger partial charge in [0.15, 0.2) is 5.69 Å². The monoisotopic (exact) mass is 379 g/mol. The van der Waals surface area contributed by atoms with Crippen LogP contribution >= 0.6 is 0 Å². The van der Waals surface area contributed by atoms with Gasteiger partial charge in [0, 0.05) is 42.8 Å². The van der Waals surface area contributed by atoms with E-state index >= 15 is 0 Å². The minimum atomic E-state index is -0.930. The molecule has 0 aliphatic heterocycles. The number of hydrogen-bond acceptors (Lipinski definition) is 4. The second-order valence-corrected chi connectivity index (χ2v) is 7.32. The maximum Gasteiger partial charge on any atom is 0.356 e. The lowest BCUT2D eigenvalue weighted by atomic mass is 9.90. The average molecular weight is 379 g/mol. The van der Waals surface area contributed by atoms with Crippen LogP contribution in [0.5, 0.6) is 0 Å². The zero-order valence-electron chi connectivity index (χ0n) is 16.2. The number of likely N-dealkylation sites (N-methyl/N-ethyl adjacent to an activating group) is 1. The molecule has 1 aromatic carbocycles. The summed E-state index contributed by atoms with van der Waals surface area (Å²) in [5.74, 6) is -0.930. The standard InChI is InChI=1S/C21H25N5O2/c1-3-25-19-10-9-17(13-18(19)20(23-25)21(27)28)24(2)14-15-5-7-16(8-6-15)26-12-4-11-22-26/h4-8,11-12,17H,3,9-10,13-14H2,1-2H3,(H,27,28)/t17-/m0/s1. The molecule has 1 N–H and O–H groups in total. The fourth-order valence-electron chi connectivity index (χ4n) is 4.07. The molecule has 0 amide bonds. The molecule has 1 aliphatic carbocycles. The second-order valence-electron chi connectivity index (χ2n) is 7.32. The van der Waals surface area contributed by atoms with Crippen molar-refractivity contribution in [2.24, 2.45) is 0 Å². The number of aromatic carboxylic acids is 1. The van der Waals surface area contributed by atoms with E-state index in [4.69, 9.17) is 0 Å². The van der Waals surface area contributed by atoms with Crippen molar-refractivity contribution in [1.29, 1.82) is 0 Å². The fourth-order valence-corrected chi connectivity index (χ4v) is 4.07. The van der Waals surface area contributed by atoms with E-state index in [0.29, 0.717) is 12.6 Å². The molecule has 0 saturated carbocycles. The number of carboxylic acids is 1. The SMILES string of the molecule is CCn1nc(C(=O)O)c2c1CC[C@H](N(C)Cc1ccc(-n3cccn3)cc1)C2. The molecule has 4 rings (SSSR count). The average Bonchev–Trinajstić information content (AvgIpc) is 3.36. The van der Waals surface area contributed by atoms with Crippen LogP contribution in [0, 0.1) is 0 Å². The van der Waals surface area contributed by atoms with E-state index in [-0.39, 0.29) is 5.69 Å². The Kier molecular flexibility index (Phi) is 5.00. The summed E-state index contributed by atoms with van der Waals surface area (Å²) in [4.78, 5) is 13.9. The molecule has 0 spiro atoms. The number of hydrogen-bond donors (Lipinski definition) is 1. The predicted molar refractivity (Wildman–Crippen MR) is 106 cm³/mol. The Labute approximate surface area is 164 Å². The lowest BCUT2D eigenvalue weighted by Crippen LogP contribution is -2.36. The number of benzene rings is 1. The summed E-state index contributed by atoms with van der Waals surface area (Å²) in [5, 5.41) is 18.1. The van der Waals surface area contributed by atoms with Gasteiger partial charge in [-0.1, -0.05) is 12.1 Å². The van der Waals surface area contributed by atoms with E-state index in [2.05, 4.69) is 46.4 Å². The van der Waals surface area contributed by atoms with Crippen molar-refractivity contribution in [3.05, 3.63) is 65.2 Å². The van der Waals surface area contributed by atoms with Crippen LogP contribution in [0.3, 0.4) is 0 Å². The molecular formula is C21H25N5O2. The van der Waals surface area contributed by atoms with Crippen LogP contribution in [-0.2, 0) is 25.9 Å². The van der Waals surface area contributed by atoms with Crippen LogP contribution in [0.4, 0.5) is 0 Å². The molecule has 1 aliphatic rings. The van der Waals surface area contributed by atoms with Gasteiger partial charge >= 0.3 is 5.97 Å². The van der Waals surface area contributed by atoms with Crippen molar-refractivity contribution in [3.63, 3.8) is 0 Å². The van der Waals surface area contributed by atoms with Gasteiger partial charge < -0.3 is 5.11 Å². The number of aromatic nitrogens is 4. The molecule has 0 unspecified atom stereocenters. The fraction of sp³-hybridized carbons (Fsp3) is 0.381. The summed E-state index contributed by atoms with van der Waals surface area (Å²) < 4.78 is 3.69. The van der Waals surface area contributed by atoms with E-state index in [0.717, 1.165) is 42.8 Å². The molecule has 7 heteroatoms. The first-order chi connectivity index (χ1) is 13.6. The van der Waals surface area contributed by atoms with Gasteiger partial charge in [0.1, 0.15) is 0 Å². The highest BCUT2D eigenvalue weighted by atomic mass is 16.4. The summed E-state index contributed by atoms with van der Waals surface area (Å²) in [5.41, 5.74) is 4.49. The Balaban J connectivity index is 1.47. The van der Waals surface area contributed by atoms with Gasteiger partial charge in [0.25, 0.3) is 0 Å². The number of carbonyl (C=O) groups is 1. The van der Waals surface area contributed by atoms with Crippen LogP contribution in [-0.4, -0.2) is 48.6 Å². The van der Waals surface area contributed by atoms with Gasteiger partial charge in [-0.25, -0.2) is 9.48 Å². The molecule has 146 valence electrons.